The molecule has 0 unspecified atom stereocenters. The molecule has 0 radical (unpaired) electrons. The summed E-state index contributed by atoms with van der Waals surface area (Å²) in [5.41, 5.74) is 0.853. The van der Waals surface area contributed by atoms with Crippen molar-refractivity contribution in [2.45, 2.75) is 77.6 Å². The molecule has 1 saturated heterocycles. The zero-order valence-electron chi connectivity index (χ0n) is 19.1. The molecule has 1 aliphatic heterocycles. The summed E-state index contributed by atoms with van der Waals surface area (Å²) in [6, 6.07) is 1.41. The van der Waals surface area contributed by atoms with E-state index in [1.54, 1.807) is 0 Å². The second-order valence-corrected chi connectivity index (χ2v) is 16.8. The van der Waals surface area contributed by atoms with E-state index in [0.29, 0.717) is 29.3 Å². The lowest BCUT2D eigenvalue weighted by Gasteiger charge is -2.41. The first-order valence-electron chi connectivity index (χ1n) is 10.8. The minimum Gasteiger partial charge on any atom is -0.365 e. The Morgan fingerprint density at radius 3 is 2.63 bits per heavy atom. The van der Waals surface area contributed by atoms with E-state index >= 15 is 0 Å². The van der Waals surface area contributed by atoms with Gasteiger partial charge in [0.25, 0.3) is 0 Å². The minimum absolute atomic E-state index is 0.146. The summed E-state index contributed by atoms with van der Waals surface area (Å²) in [6.45, 7) is 17.0. The van der Waals surface area contributed by atoms with Gasteiger partial charge >= 0.3 is 0 Å². The molecule has 1 N–H and O–H groups in total. The van der Waals surface area contributed by atoms with Gasteiger partial charge in [0, 0.05) is 39.0 Å². The van der Waals surface area contributed by atoms with Gasteiger partial charge in [0.05, 0.1) is 10.4 Å². The maximum atomic E-state index is 6.60. The molecule has 9 heteroatoms. The number of aromatic nitrogens is 3. The highest BCUT2D eigenvalue weighted by molar-refractivity contribution is 6.76. The number of piperidine rings is 1. The zero-order valence-corrected chi connectivity index (χ0v) is 21.6. The number of likely N-dealkylation sites (tertiary alicyclic amines) is 1. The van der Waals surface area contributed by atoms with Gasteiger partial charge in [-0.25, -0.2) is 0 Å². The van der Waals surface area contributed by atoms with Crippen LogP contribution in [0.15, 0.2) is 6.20 Å². The van der Waals surface area contributed by atoms with Crippen LogP contribution in [0.4, 0.5) is 5.82 Å². The Hall–Kier alpha value is -0.863. The van der Waals surface area contributed by atoms with Crippen molar-refractivity contribution in [1.29, 1.82) is 0 Å². The Bertz CT molecular complexity index is 875. The topological polar surface area (TPSA) is 55.2 Å². The van der Waals surface area contributed by atoms with Crippen molar-refractivity contribution < 1.29 is 4.74 Å². The molecule has 6 nitrogen and oxygen atoms in total. The SMILES string of the molecule is CC(C)(C)N1CCC[C@@H](Nc2nc(Cl)nc3c2c(Cl)cn3COCC[Si](C)(C)C)C1. The van der Waals surface area contributed by atoms with Gasteiger partial charge in [0.1, 0.15) is 12.5 Å². The number of fused-ring (bicyclic) bond motifs is 1. The van der Waals surface area contributed by atoms with Crippen LogP contribution >= 0.6 is 23.2 Å². The number of rotatable bonds is 7. The number of halogens is 2. The molecule has 0 saturated carbocycles. The average Bonchev–Trinajstić information content (AvgIpc) is 2.93. The van der Waals surface area contributed by atoms with Crippen molar-refractivity contribution in [1.82, 2.24) is 19.4 Å². The first-order chi connectivity index (χ1) is 13.9. The lowest BCUT2D eigenvalue weighted by Crippen LogP contribution is -2.50. The third-order valence-electron chi connectivity index (χ3n) is 5.58. The minimum atomic E-state index is -1.13. The molecule has 1 aliphatic rings. The summed E-state index contributed by atoms with van der Waals surface area (Å²) in [5.74, 6) is 0.705. The summed E-state index contributed by atoms with van der Waals surface area (Å²) in [5, 5.41) is 5.23. The second kappa shape index (κ2) is 9.33. The molecule has 0 spiro atoms. The number of nitrogens with one attached hydrogen (secondary N) is 1. The fourth-order valence-electron chi connectivity index (χ4n) is 3.75. The van der Waals surface area contributed by atoms with Gasteiger partial charge in [-0.3, -0.25) is 4.90 Å². The van der Waals surface area contributed by atoms with E-state index in [1.807, 2.05) is 10.8 Å². The van der Waals surface area contributed by atoms with Crippen LogP contribution in [0, 0.1) is 0 Å². The highest BCUT2D eigenvalue weighted by Gasteiger charge is 2.29. The lowest BCUT2D eigenvalue weighted by molar-refractivity contribution is 0.0899. The van der Waals surface area contributed by atoms with E-state index in [4.69, 9.17) is 27.9 Å². The number of ether oxygens (including phenoxy) is 1. The standard InChI is InChI=1S/C21H35Cl2N5OSi/c1-21(2,3)28-9-7-8-15(12-28)24-18-17-16(22)13-27(19(17)26-20(23)25-18)14-29-10-11-30(4,5)6/h13,15H,7-12,14H2,1-6H3,(H,24,25,26)/t15-/m1/s1. The largest absolute Gasteiger partial charge is 0.365 e. The molecule has 2 aromatic rings. The van der Waals surface area contributed by atoms with E-state index in [9.17, 15) is 0 Å². The van der Waals surface area contributed by atoms with Crippen molar-refractivity contribution in [3.8, 4) is 0 Å². The summed E-state index contributed by atoms with van der Waals surface area (Å²) in [6.07, 6.45) is 4.10. The Morgan fingerprint density at radius 1 is 1.23 bits per heavy atom. The van der Waals surface area contributed by atoms with Gasteiger partial charge in [0.15, 0.2) is 5.65 Å². The lowest BCUT2D eigenvalue weighted by atomic mass is 9.98. The third kappa shape index (κ3) is 6.10. The maximum absolute atomic E-state index is 6.60. The van der Waals surface area contributed by atoms with Crippen molar-refractivity contribution in [3.05, 3.63) is 16.5 Å². The molecule has 0 aromatic carbocycles. The molecule has 3 heterocycles. The molecule has 3 rings (SSSR count). The second-order valence-electron chi connectivity index (χ2n) is 10.4. The third-order valence-corrected chi connectivity index (χ3v) is 7.74. The Balaban J connectivity index is 1.78. The quantitative estimate of drug-likeness (QED) is 0.317. The van der Waals surface area contributed by atoms with Gasteiger partial charge in [-0.15, -0.1) is 0 Å². The monoisotopic (exact) mass is 471 g/mol. The van der Waals surface area contributed by atoms with Crippen LogP contribution in [-0.4, -0.2) is 58.8 Å². The van der Waals surface area contributed by atoms with Crippen molar-refractivity contribution >= 4 is 48.1 Å². The van der Waals surface area contributed by atoms with Crippen molar-refractivity contribution in [2.75, 3.05) is 25.0 Å². The number of nitrogens with zero attached hydrogens (tertiary/aromatic N) is 4. The molecule has 1 atom stereocenters. The van der Waals surface area contributed by atoms with E-state index in [2.05, 4.69) is 60.6 Å². The van der Waals surface area contributed by atoms with Crippen LogP contribution in [0.2, 0.25) is 36.0 Å². The van der Waals surface area contributed by atoms with Gasteiger partial charge in [-0.1, -0.05) is 31.2 Å². The summed E-state index contributed by atoms with van der Waals surface area (Å²) in [4.78, 5) is 11.4. The van der Waals surface area contributed by atoms with Gasteiger partial charge in [0.2, 0.25) is 5.28 Å². The van der Waals surface area contributed by atoms with Crippen LogP contribution in [0.3, 0.4) is 0 Å². The molecule has 0 amide bonds. The predicted molar refractivity (Wildman–Crippen MR) is 130 cm³/mol. The Morgan fingerprint density at radius 2 is 1.97 bits per heavy atom. The average molecular weight is 473 g/mol. The predicted octanol–water partition coefficient (Wildman–Crippen LogP) is 5.73. The maximum Gasteiger partial charge on any atom is 0.226 e. The summed E-state index contributed by atoms with van der Waals surface area (Å²) in [7, 11) is -1.13. The van der Waals surface area contributed by atoms with E-state index in [0.717, 1.165) is 44.0 Å². The van der Waals surface area contributed by atoms with Crippen LogP contribution in [-0.2, 0) is 11.5 Å². The van der Waals surface area contributed by atoms with Gasteiger partial charge < -0.3 is 14.6 Å². The molecule has 2 aromatic heterocycles. The highest BCUT2D eigenvalue weighted by atomic mass is 35.5. The normalized spacial score (nSPS) is 18.9. The van der Waals surface area contributed by atoms with E-state index in [1.165, 1.54) is 0 Å². The molecule has 1 fully saturated rings. The number of anilines is 1. The molecular formula is C21H35Cl2N5OSi. The first-order valence-corrected chi connectivity index (χ1v) is 15.2. The molecule has 0 bridgehead atoms. The van der Waals surface area contributed by atoms with Crippen molar-refractivity contribution in [2.24, 2.45) is 0 Å². The van der Waals surface area contributed by atoms with Crippen LogP contribution in [0.25, 0.3) is 11.0 Å². The van der Waals surface area contributed by atoms with Crippen LogP contribution in [0.1, 0.15) is 33.6 Å². The van der Waals surface area contributed by atoms with Gasteiger partial charge in [-0.05, 0) is 57.8 Å². The summed E-state index contributed by atoms with van der Waals surface area (Å²) >= 11 is 12.9. The fourth-order valence-corrected chi connectivity index (χ4v) is 4.97. The molecule has 0 aliphatic carbocycles. The molecule has 168 valence electrons. The first kappa shape index (κ1) is 23.8. The van der Waals surface area contributed by atoms with E-state index in [-0.39, 0.29) is 10.8 Å². The van der Waals surface area contributed by atoms with Crippen LogP contribution < -0.4 is 5.32 Å². The van der Waals surface area contributed by atoms with Gasteiger partial charge in [-0.2, -0.15) is 9.97 Å². The number of hydrogen-bond donors (Lipinski definition) is 1. The van der Waals surface area contributed by atoms with Crippen LogP contribution in [0.5, 0.6) is 0 Å². The fraction of sp³-hybridized carbons (Fsp3) is 0.714. The Kier molecular flexibility index (Phi) is 7.40. The zero-order chi connectivity index (χ0) is 22.1. The molecular weight excluding hydrogens is 437 g/mol. The smallest absolute Gasteiger partial charge is 0.226 e. The Labute approximate surface area is 191 Å². The van der Waals surface area contributed by atoms with Crippen molar-refractivity contribution in [3.63, 3.8) is 0 Å². The number of hydrogen-bond acceptors (Lipinski definition) is 5. The van der Waals surface area contributed by atoms with E-state index < -0.39 is 8.07 Å². The summed E-state index contributed by atoms with van der Waals surface area (Å²) < 4.78 is 7.83. The highest BCUT2D eigenvalue weighted by Crippen LogP contribution is 2.33. The molecule has 30 heavy (non-hydrogen) atoms.